The standard InChI is InChI=1S/C29H30ClN3O4/c1-18(2)27(32-28(34)22-9-7-6-8-10-22)29(35)33-31-16-21-11-12-25(36-5)23(15-21)17-37-24-13-19(3)26(30)20(4)14-24/h6-16H,17H2,1-5H3,(H,32,34)(H,33,35)/b31-16-. The molecule has 0 aliphatic rings. The third-order valence-corrected chi connectivity index (χ3v) is 6.09. The Morgan fingerprint density at radius 1 is 1.00 bits per heavy atom. The van der Waals surface area contributed by atoms with E-state index in [2.05, 4.69) is 15.8 Å². The molecule has 0 radical (unpaired) electrons. The molecule has 0 fully saturated rings. The van der Waals surface area contributed by atoms with E-state index < -0.39 is 5.91 Å². The van der Waals surface area contributed by atoms with Gasteiger partial charge >= 0.3 is 0 Å². The lowest BCUT2D eigenvalue weighted by Gasteiger charge is -2.13. The first-order valence-corrected chi connectivity index (χ1v) is 12.0. The van der Waals surface area contributed by atoms with Crippen LogP contribution in [0.4, 0.5) is 0 Å². The first-order valence-electron chi connectivity index (χ1n) is 11.6. The summed E-state index contributed by atoms with van der Waals surface area (Å²) in [5.74, 6) is 0.478. The minimum atomic E-state index is -0.522. The number of methoxy groups -OCH3 is 1. The molecule has 0 aromatic heterocycles. The molecule has 37 heavy (non-hydrogen) atoms. The summed E-state index contributed by atoms with van der Waals surface area (Å²) in [6.45, 7) is 7.61. The molecule has 0 saturated heterocycles. The molecule has 0 unspecified atom stereocenters. The molecular formula is C29H30ClN3O4. The highest BCUT2D eigenvalue weighted by molar-refractivity contribution is 6.32. The van der Waals surface area contributed by atoms with Gasteiger partial charge in [-0.05, 0) is 92.4 Å². The first kappa shape index (κ1) is 27.5. The predicted molar refractivity (Wildman–Crippen MR) is 146 cm³/mol. The maximum atomic E-state index is 12.7. The third kappa shape index (κ3) is 7.44. The Kier molecular flexibility index (Phi) is 9.46. The fraction of sp³-hybridized carbons (Fsp3) is 0.207. The maximum absolute atomic E-state index is 12.7. The molecule has 0 aliphatic carbocycles. The van der Waals surface area contributed by atoms with Crippen LogP contribution in [0, 0.1) is 13.8 Å². The lowest BCUT2D eigenvalue weighted by molar-refractivity contribution is -0.117. The van der Waals surface area contributed by atoms with Crippen molar-refractivity contribution in [3.05, 3.63) is 105 Å². The van der Waals surface area contributed by atoms with E-state index in [0.717, 1.165) is 27.3 Å². The molecule has 2 N–H and O–H groups in total. The van der Waals surface area contributed by atoms with Crippen molar-refractivity contribution >= 4 is 29.6 Å². The van der Waals surface area contributed by atoms with Gasteiger partial charge in [0.05, 0.1) is 13.3 Å². The molecule has 3 rings (SSSR count). The van der Waals surface area contributed by atoms with E-state index in [0.29, 0.717) is 22.6 Å². The summed E-state index contributed by atoms with van der Waals surface area (Å²) in [6.07, 6.45) is 1.51. The minimum Gasteiger partial charge on any atom is -0.496 e. The number of hydrazone groups is 1. The van der Waals surface area contributed by atoms with E-state index in [9.17, 15) is 9.59 Å². The van der Waals surface area contributed by atoms with E-state index >= 15 is 0 Å². The summed E-state index contributed by atoms with van der Waals surface area (Å²) < 4.78 is 11.4. The molecule has 0 atom stereocenters. The highest BCUT2D eigenvalue weighted by Crippen LogP contribution is 2.27. The monoisotopic (exact) mass is 519 g/mol. The van der Waals surface area contributed by atoms with Crippen molar-refractivity contribution in [3.8, 4) is 11.5 Å². The second-order valence-electron chi connectivity index (χ2n) is 8.63. The molecule has 0 heterocycles. The van der Waals surface area contributed by atoms with Gasteiger partial charge in [-0.1, -0.05) is 29.8 Å². The van der Waals surface area contributed by atoms with Gasteiger partial charge in [0, 0.05) is 16.1 Å². The number of nitrogens with one attached hydrogen (secondary N) is 2. The topological polar surface area (TPSA) is 89.0 Å². The number of hydrogen-bond donors (Lipinski definition) is 2. The Morgan fingerprint density at radius 3 is 2.30 bits per heavy atom. The maximum Gasteiger partial charge on any atom is 0.287 e. The highest BCUT2D eigenvalue weighted by atomic mass is 35.5. The summed E-state index contributed by atoms with van der Waals surface area (Å²) in [5.41, 5.74) is 7.14. The molecule has 3 aromatic carbocycles. The largest absolute Gasteiger partial charge is 0.496 e. The Bertz CT molecular complexity index is 1320. The number of hydrogen-bond acceptors (Lipinski definition) is 5. The van der Waals surface area contributed by atoms with E-state index in [1.807, 2.05) is 50.2 Å². The van der Waals surface area contributed by atoms with Crippen molar-refractivity contribution in [3.63, 3.8) is 0 Å². The number of ether oxygens (including phenoxy) is 2. The zero-order valence-electron chi connectivity index (χ0n) is 21.5. The molecule has 8 heteroatoms. The van der Waals surface area contributed by atoms with Crippen LogP contribution in [-0.4, -0.2) is 25.1 Å². The fourth-order valence-electron chi connectivity index (χ4n) is 3.55. The van der Waals surface area contributed by atoms with Gasteiger partial charge in [-0.25, -0.2) is 5.43 Å². The highest BCUT2D eigenvalue weighted by Gasteiger charge is 2.15. The van der Waals surface area contributed by atoms with Gasteiger partial charge in [0.15, 0.2) is 0 Å². The number of rotatable bonds is 9. The van der Waals surface area contributed by atoms with Crippen LogP contribution in [0.15, 0.2) is 77.0 Å². The van der Waals surface area contributed by atoms with Crippen LogP contribution in [0.25, 0.3) is 0 Å². The van der Waals surface area contributed by atoms with Crippen LogP contribution >= 0.6 is 11.6 Å². The molecule has 2 amide bonds. The van der Waals surface area contributed by atoms with Crippen LogP contribution < -0.4 is 20.2 Å². The van der Waals surface area contributed by atoms with Crippen molar-refractivity contribution in [2.75, 3.05) is 7.11 Å². The number of aryl methyl sites for hydroxylation is 2. The Hall–Kier alpha value is -4.10. The average molecular weight is 520 g/mol. The second-order valence-corrected chi connectivity index (χ2v) is 9.00. The van der Waals surface area contributed by atoms with Gasteiger partial charge < -0.3 is 14.8 Å². The second kappa shape index (κ2) is 12.7. The van der Waals surface area contributed by atoms with Crippen molar-refractivity contribution in [1.82, 2.24) is 10.7 Å². The number of amides is 2. The lowest BCUT2D eigenvalue weighted by atomic mass is 10.1. The Labute approximate surface area is 222 Å². The lowest BCUT2D eigenvalue weighted by Crippen LogP contribution is -2.33. The van der Waals surface area contributed by atoms with Gasteiger partial charge in [-0.3, -0.25) is 9.59 Å². The van der Waals surface area contributed by atoms with Crippen molar-refractivity contribution in [1.29, 1.82) is 0 Å². The van der Waals surface area contributed by atoms with Crippen molar-refractivity contribution < 1.29 is 19.1 Å². The van der Waals surface area contributed by atoms with Gasteiger partial charge in [-0.2, -0.15) is 5.10 Å². The number of carbonyl (C=O) groups excluding carboxylic acids is 2. The zero-order chi connectivity index (χ0) is 26.9. The van der Waals surface area contributed by atoms with Gasteiger partial charge in [-0.15, -0.1) is 0 Å². The molecule has 0 spiro atoms. The number of halogens is 1. The smallest absolute Gasteiger partial charge is 0.287 e. The normalized spacial score (nSPS) is 10.6. The first-order chi connectivity index (χ1) is 17.7. The minimum absolute atomic E-state index is 0.142. The van der Waals surface area contributed by atoms with Gasteiger partial charge in [0.25, 0.3) is 11.8 Å². The number of carbonyl (C=O) groups is 2. The molecule has 0 saturated carbocycles. The quantitative estimate of drug-likeness (QED) is 0.215. The number of benzene rings is 3. The van der Waals surface area contributed by atoms with Gasteiger partial charge in [0.2, 0.25) is 0 Å². The molecule has 7 nitrogen and oxygen atoms in total. The van der Waals surface area contributed by atoms with E-state index in [-0.39, 0.29) is 18.2 Å². The Balaban J connectivity index is 1.68. The average Bonchev–Trinajstić information content (AvgIpc) is 2.89. The van der Waals surface area contributed by atoms with E-state index in [1.165, 1.54) is 6.21 Å². The number of nitrogens with zero attached hydrogens (tertiary/aromatic N) is 1. The van der Waals surface area contributed by atoms with Crippen molar-refractivity contribution in [2.24, 2.45) is 5.10 Å². The summed E-state index contributed by atoms with van der Waals surface area (Å²) in [5, 5.41) is 7.45. The fourth-order valence-corrected chi connectivity index (χ4v) is 3.66. The summed E-state index contributed by atoms with van der Waals surface area (Å²) in [7, 11) is 1.59. The predicted octanol–water partition coefficient (Wildman–Crippen LogP) is 5.72. The third-order valence-electron chi connectivity index (χ3n) is 5.49. The van der Waals surface area contributed by atoms with Crippen LogP contribution in [0.3, 0.4) is 0 Å². The number of allylic oxidation sites excluding steroid dienone is 1. The summed E-state index contributed by atoms with van der Waals surface area (Å²) in [6, 6.07) is 17.9. The zero-order valence-corrected chi connectivity index (χ0v) is 22.3. The Morgan fingerprint density at radius 2 is 1.68 bits per heavy atom. The molecule has 0 bridgehead atoms. The van der Waals surface area contributed by atoms with Crippen LogP contribution in [0.2, 0.25) is 5.02 Å². The molecular weight excluding hydrogens is 490 g/mol. The van der Waals surface area contributed by atoms with Crippen LogP contribution in [-0.2, 0) is 11.4 Å². The van der Waals surface area contributed by atoms with E-state index in [4.69, 9.17) is 21.1 Å². The van der Waals surface area contributed by atoms with Crippen molar-refractivity contribution in [2.45, 2.75) is 34.3 Å². The molecule has 192 valence electrons. The molecule has 0 aliphatic heterocycles. The van der Waals surface area contributed by atoms with Crippen LogP contribution in [0.5, 0.6) is 11.5 Å². The van der Waals surface area contributed by atoms with Crippen LogP contribution in [0.1, 0.15) is 46.5 Å². The van der Waals surface area contributed by atoms with E-state index in [1.54, 1.807) is 45.2 Å². The summed E-state index contributed by atoms with van der Waals surface area (Å²) >= 11 is 6.25. The summed E-state index contributed by atoms with van der Waals surface area (Å²) in [4.78, 5) is 25.2. The van der Waals surface area contributed by atoms with Gasteiger partial charge in [0.1, 0.15) is 23.8 Å². The SMILES string of the molecule is COc1ccc(/C=N\NC(=O)C(NC(=O)c2ccccc2)=C(C)C)cc1COc1cc(C)c(Cl)c(C)c1. The molecule has 3 aromatic rings.